The minimum Gasteiger partial charge on any atom is -0.366 e. The van der Waals surface area contributed by atoms with Crippen molar-refractivity contribution in [1.29, 1.82) is 0 Å². The zero-order valence-electron chi connectivity index (χ0n) is 11.2. The molecule has 8 heteroatoms. The molecule has 1 saturated heterocycles. The summed E-state index contributed by atoms with van der Waals surface area (Å²) in [7, 11) is 0. The summed E-state index contributed by atoms with van der Waals surface area (Å²) in [6.45, 7) is 1.82. The first-order valence-corrected chi connectivity index (χ1v) is 7.41. The molecular weight excluding hydrogens is 314 g/mol. The van der Waals surface area contributed by atoms with Crippen molar-refractivity contribution in [1.82, 2.24) is 5.32 Å². The van der Waals surface area contributed by atoms with Crippen LogP contribution in [0.2, 0.25) is 0 Å². The molecule has 114 valence electrons. The zero-order chi connectivity index (χ0) is 13.9. The van der Waals surface area contributed by atoms with Crippen LogP contribution in [-0.2, 0) is 14.3 Å². The molecule has 6 nitrogen and oxygen atoms in total. The number of benzene rings is 1. The number of hydrogen-bond acceptors (Lipinski definition) is 5. The van der Waals surface area contributed by atoms with Crippen LogP contribution in [0, 0.1) is 0 Å². The average Bonchev–Trinajstić information content (AvgIpc) is 2.47. The molecule has 1 fully saturated rings. The Bertz CT molecular complexity index is 549. The highest BCUT2D eigenvalue weighted by molar-refractivity contribution is 8.00. The molecule has 1 unspecified atom stereocenters. The summed E-state index contributed by atoms with van der Waals surface area (Å²) in [6, 6.07) is 5.50. The van der Waals surface area contributed by atoms with Crippen LogP contribution < -0.4 is 16.0 Å². The average molecular weight is 330 g/mol. The maximum atomic E-state index is 12.0. The van der Waals surface area contributed by atoms with Gasteiger partial charge in [-0.15, -0.1) is 24.2 Å². The van der Waals surface area contributed by atoms with E-state index in [1.165, 1.54) is 11.8 Å². The fourth-order valence-electron chi connectivity index (χ4n) is 2.12. The van der Waals surface area contributed by atoms with Crippen LogP contribution in [0.4, 0.5) is 11.4 Å². The van der Waals surface area contributed by atoms with Crippen molar-refractivity contribution in [2.75, 3.05) is 36.1 Å². The lowest BCUT2D eigenvalue weighted by Gasteiger charge is -2.23. The van der Waals surface area contributed by atoms with Crippen molar-refractivity contribution in [2.24, 2.45) is 0 Å². The summed E-state index contributed by atoms with van der Waals surface area (Å²) in [5.41, 5.74) is 1.40. The van der Waals surface area contributed by atoms with Crippen molar-refractivity contribution in [3.8, 4) is 0 Å². The van der Waals surface area contributed by atoms with Crippen LogP contribution in [0.3, 0.4) is 0 Å². The number of morpholine rings is 1. The number of carbonyl (C=O) groups excluding carboxylic acids is 2. The van der Waals surface area contributed by atoms with Crippen LogP contribution in [-0.4, -0.2) is 43.4 Å². The van der Waals surface area contributed by atoms with Gasteiger partial charge in [0.15, 0.2) is 0 Å². The van der Waals surface area contributed by atoms with E-state index in [1.54, 1.807) is 6.07 Å². The largest absolute Gasteiger partial charge is 0.366 e. The lowest BCUT2D eigenvalue weighted by molar-refractivity contribution is -0.128. The summed E-state index contributed by atoms with van der Waals surface area (Å²) in [5.74, 6) is 0.234. The van der Waals surface area contributed by atoms with Crippen molar-refractivity contribution < 1.29 is 14.3 Å². The van der Waals surface area contributed by atoms with Gasteiger partial charge >= 0.3 is 0 Å². The first-order valence-electron chi connectivity index (χ1n) is 6.42. The molecule has 21 heavy (non-hydrogen) atoms. The van der Waals surface area contributed by atoms with E-state index in [0.29, 0.717) is 24.6 Å². The molecule has 2 aliphatic rings. The fourth-order valence-corrected chi connectivity index (χ4v) is 2.91. The number of fused-ring (bicyclic) bond motifs is 1. The predicted octanol–water partition coefficient (Wildman–Crippen LogP) is 1.08. The van der Waals surface area contributed by atoms with E-state index in [2.05, 4.69) is 16.0 Å². The fraction of sp³-hybridized carbons (Fsp3) is 0.385. The molecule has 1 atom stereocenters. The number of rotatable bonds is 2. The minimum atomic E-state index is -0.469. The Kier molecular flexibility index (Phi) is 5.46. The standard InChI is InChI=1S/C13H15N3O3S.ClH/c17-12-7-20-11-2-1-8(5-9(11)16-12)15-13(18)10-6-14-3-4-19-10;/h1-2,5,10,14H,3-4,6-7H2,(H,15,18)(H,16,17);1H. The van der Waals surface area contributed by atoms with Crippen LogP contribution in [0.1, 0.15) is 0 Å². The third-order valence-electron chi connectivity index (χ3n) is 3.10. The van der Waals surface area contributed by atoms with Crippen molar-refractivity contribution in [3.05, 3.63) is 18.2 Å². The lowest BCUT2D eigenvalue weighted by atomic mass is 10.2. The molecule has 0 aromatic heterocycles. The Balaban J connectivity index is 0.00000161. The number of ether oxygens (including phenoxy) is 1. The summed E-state index contributed by atoms with van der Waals surface area (Å²) in [5, 5.41) is 8.72. The van der Waals surface area contributed by atoms with Gasteiger partial charge in [0.25, 0.3) is 5.91 Å². The number of anilines is 2. The number of thioether (sulfide) groups is 1. The SMILES string of the molecule is Cl.O=C1CSc2ccc(NC(=O)C3CNCCO3)cc2N1. The second-order valence-corrected chi connectivity index (χ2v) is 5.62. The van der Waals surface area contributed by atoms with E-state index in [1.807, 2.05) is 12.1 Å². The molecule has 0 bridgehead atoms. The topological polar surface area (TPSA) is 79.5 Å². The zero-order valence-corrected chi connectivity index (χ0v) is 12.8. The maximum Gasteiger partial charge on any atom is 0.254 e. The lowest BCUT2D eigenvalue weighted by Crippen LogP contribution is -2.45. The van der Waals surface area contributed by atoms with E-state index in [0.717, 1.165) is 17.1 Å². The van der Waals surface area contributed by atoms with Gasteiger partial charge in [-0.05, 0) is 18.2 Å². The molecule has 2 aliphatic heterocycles. The normalized spacial score (nSPS) is 20.8. The van der Waals surface area contributed by atoms with E-state index >= 15 is 0 Å². The first kappa shape index (κ1) is 16.1. The van der Waals surface area contributed by atoms with Crippen molar-refractivity contribution >= 4 is 47.4 Å². The van der Waals surface area contributed by atoms with Crippen LogP contribution >= 0.6 is 24.2 Å². The van der Waals surface area contributed by atoms with E-state index in [9.17, 15) is 9.59 Å². The molecule has 0 spiro atoms. The van der Waals surface area contributed by atoms with Crippen molar-refractivity contribution in [2.45, 2.75) is 11.0 Å². The third kappa shape index (κ3) is 3.88. The Morgan fingerprint density at radius 2 is 2.29 bits per heavy atom. The Labute approximate surface area is 132 Å². The number of carbonyl (C=O) groups is 2. The minimum absolute atomic E-state index is 0. The molecule has 0 saturated carbocycles. The second kappa shape index (κ2) is 7.13. The monoisotopic (exact) mass is 329 g/mol. The molecule has 3 N–H and O–H groups in total. The van der Waals surface area contributed by atoms with Gasteiger partial charge in [0.1, 0.15) is 6.10 Å². The molecule has 1 aromatic rings. The summed E-state index contributed by atoms with van der Waals surface area (Å²) >= 11 is 1.49. The highest BCUT2D eigenvalue weighted by Crippen LogP contribution is 2.33. The number of amides is 2. The van der Waals surface area contributed by atoms with Crippen LogP contribution in [0.15, 0.2) is 23.1 Å². The smallest absolute Gasteiger partial charge is 0.254 e. The summed E-state index contributed by atoms with van der Waals surface area (Å²) < 4.78 is 5.39. The highest BCUT2D eigenvalue weighted by Gasteiger charge is 2.22. The second-order valence-electron chi connectivity index (χ2n) is 4.60. The van der Waals surface area contributed by atoms with Gasteiger partial charge in [-0.3, -0.25) is 9.59 Å². The van der Waals surface area contributed by atoms with Gasteiger partial charge in [-0.1, -0.05) is 0 Å². The molecule has 0 radical (unpaired) electrons. The predicted molar refractivity (Wildman–Crippen MR) is 84.3 cm³/mol. The Morgan fingerprint density at radius 1 is 1.43 bits per heavy atom. The van der Waals surface area contributed by atoms with Gasteiger partial charge in [-0.2, -0.15) is 0 Å². The van der Waals surface area contributed by atoms with Gasteiger partial charge < -0.3 is 20.7 Å². The Hall–Kier alpha value is -1.28. The molecule has 2 heterocycles. The van der Waals surface area contributed by atoms with Crippen molar-refractivity contribution in [3.63, 3.8) is 0 Å². The molecule has 1 aromatic carbocycles. The highest BCUT2D eigenvalue weighted by atomic mass is 35.5. The van der Waals surface area contributed by atoms with Gasteiger partial charge in [-0.25, -0.2) is 0 Å². The van der Waals surface area contributed by atoms with Crippen LogP contribution in [0.5, 0.6) is 0 Å². The van der Waals surface area contributed by atoms with Crippen LogP contribution in [0.25, 0.3) is 0 Å². The van der Waals surface area contributed by atoms with Gasteiger partial charge in [0.2, 0.25) is 5.91 Å². The maximum absolute atomic E-state index is 12.0. The number of nitrogens with one attached hydrogen (secondary N) is 3. The van der Waals surface area contributed by atoms with Gasteiger partial charge in [0.05, 0.1) is 18.0 Å². The molecule has 2 amide bonds. The van der Waals surface area contributed by atoms with E-state index in [4.69, 9.17) is 4.74 Å². The molecule has 3 rings (SSSR count). The molecule has 0 aliphatic carbocycles. The third-order valence-corrected chi connectivity index (χ3v) is 4.17. The van der Waals surface area contributed by atoms with Gasteiger partial charge in [0, 0.05) is 23.7 Å². The number of halogens is 1. The quantitative estimate of drug-likeness (QED) is 0.756. The number of hydrogen-bond donors (Lipinski definition) is 3. The summed E-state index contributed by atoms with van der Waals surface area (Å²) in [4.78, 5) is 24.4. The first-order chi connectivity index (χ1) is 9.72. The summed E-state index contributed by atoms with van der Waals surface area (Å²) in [6.07, 6.45) is -0.469. The Morgan fingerprint density at radius 3 is 3.05 bits per heavy atom. The van der Waals surface area contributed by atoms with E-state index in [-0.39, 0.29) is 24.2 Å². The van der Waals surface area contributed by atoms with E-state index < -0.39 is 6.10 Å². The molecular formula is C13H16ClN3O3S.